The molecule has 19 heavy (non-hydrogen) atoms. The van der Waals surface area contributed by atoms with Crippen molar-refractivity contribution in [3.63, 3.8) is 0 Å². The van der Waals surface area contributed by atoms with Crippen molar-refractivity contribution in [1.29, 1.82) is 0 Å². The fourth-order valence-electron chi connectivity index (χ4n) is 2.65. The van der Waals surface area contributed by atoms with E-state index in [1.807, 2.05) is 18.2 Å². The number of anilines is 2. The van der Waals surface area contributed by atoms with Gasteiger partial charge in [-0.2, -0.15) is 0 Å². The second kappa shape index (κ2) is 4.10. The van der Waals surface area contributed by atoms with Gasteiger partial charge in [0.1, 0.15) is 0 Å². The Bertz CT molecular complexity index is 722. The van der Waals surface area contributed by atoms with E-state index in [9.17, 15) is 4.79 Å². The van der Waals surface area contributed by atoms with E-state index >= 15 is 0 Å². The van der Waals surface area contributed by atoms with Gasteiger partial charge in [0, 0.05) is 22.5 Å². The Morgan fingerprint density at radius 3 is 2.53 bits per heavy atom. The van der Waals surface area contributed by atoms with Crippen molar-refractivity contribution in [2.24, 2.45) is 0 Å². The Labute approximate surface area is 113 Å². The molecule has 0 aromatic heterocycles. The minimum absolute atomic E-state index is 0.0543. The fraction of sp³-hybridized carbons (Fsp3) is 0. The first-order valence-corrected chi connectivity index (χ1v) is 7.49. The molecule has 4 heteroatoms. The molecule has 0 aliphatic carbocycles. The zero-order valence-electron chi connectivity index (χ0n) is 10.4. The fourth-order valence-corrected chi connectivity index (χ4v) is 4.75. The van der Waals surface area contributed by atoms with Gasteiger partial charge in [0.25, 0.3) is 0 Å². The van der Waals surface area contributed by atoms with E-state index in [2.05, 4.69) is 6.58 Å². The number of rotatable bonds is 1. The average molecular weight is 266 g/mol. The van der Waals surface area contributed by atoms with Crippen molar-refractivity contribution in [3.05, 3.63) is 53.6 Å². The van der Waals surface area contributed by atoms with Crippen molar-refractivity contribution >= 4 is 43.1 Å². The molecule has 0 saturated carbocycles. The average Bonchev–Trinajstić information content (AvgIpc) is 2.37. The highest BCUT2D eigenvalue weighted by atomic mass is 28.2. The summed E-state index contributed by atoms with van der Waals surface area (Å²) in [6.07, 6.45) is 1.70. The third kappa shape index (κ3) is 1.77. The molecule has 3 rings (SSSR count). The van der Waals surface area contributed by atoms with E-state index in [1.54, 1.807) is 18.2 Å². The lowest BCUT2D eigenvalue weighted by Crippen LogP contribution is -2.41. The predicted octanol–water partition coefficient (Wildman–Crippen LogP) is 0.158. The molecule has 0 fully saturated rings. The van der Waals surface area contributed by atoms with Gasteiger partial charge in [0.15, 0.2) is 5.78 Å². The Morgan fingerprint density at radius 2 is 1.79 bits per heavy atom. The number of carbonyl (C=O) groups excluding carboxylic acids is 1. The second-order valence-corrected chi connectivity index (χ2v) is 6.65. The highest BCUT2D eigenvalue weighted by molar-refractivity contribution is 6.72. The SMILES string of the molecule is C=Cc1cc(N)cc2c1C(=O)c1ccc(N)cc1[SiH2]2. The first kappa shape index (κ1) is 11.7. The van der Waals surface area contributed by atoms with Crippen LogP contribution in [0.3, 0.4) is 0 Å². The molecule has 1 aliphatic rings. The zero-order chi connectivity index (χ0) is 13.6. The normalized spacial score (nSPS) is 14.0. The van der Waals surface area contributed by atoms with Crippen LogP contribution in [0.1, 0.15) is 21.5 Å². The van der Waals surface area contributed by atoms with Crippen molar-refractivity contribution in [1.82, 2.24) is 0 Å². The zero-order valence-corrected chi connectivity index (χ0v) is 11.9. The maximum atomic E-state index is 12.6. The lowest BCUT2D eigenvalue weighted by molar-refractivity contribution is 0.104. The molecule has 3 nitrogen and oxygen atoms in total. The highest BCUT2D eigenvalue weighted by Gasteiger charge is 2.25. The summed E-state index contributed by atoms with van der Waals surface area (Å²) in [7, 11) is -0.729. The summed E-state index contributed by atoms with van der Waals surface area (Å²) in [5.41, 5.74) is 15.5. The summed E-state index contributed by atoms with van der Waals surface area (Å²) in [5.74, 6) is 0.0543. The first-order valence-electron chi connectivity index (χ1n) is 6.08. The molecule has 0 amide bonds. The first-order chi connectivity index (χ1) is 9.10. The largest absolute Gasteiger partial charge is 0.399 e. The number of benzene rings is 2. The topological polar surface area (TPSA) is 69.1 Å². The van der Waals surface area contributed by atoms with Crippen molar-refractivity contribution in [2.45, 2.75) is 0 Å². The number of hydrogen-bond acceptors (Lipinski definition) is 3. The molecule has 2 aromatic carbocycles. The van der Waals surface area contributed by atoms with Crippen LogP contribution < -0.4 is 21.8 Å². The lowest BCUT2D eigenvalue weighted by Gasteiger charge is -2.21. The standard InChI is InChI=1S/C15H14N2OSi/c1-2-8-5-10(17)7-13-14(8)15(18)11-4-3-9(16)6-12(11)19-13/h2-7H,1,16-17,19H2. The monoisotopic (exact) mass is 266 g/mol. The molecule has 0 radical (unpaired) electrons. The lowest BCUT2D eigenvalue weighted by atomic mass is 9.96. The molecule has 1 heterocycles. The van der Waals surface area contributed by atoms with Crippen LogP contribution in [0.5, 0.6) is 0 Å². The third-order valence-corrected chi connectivity index (χ3v) is 5.38. The van der Waals surface area contributed by atoms with Crippen LogP contribution in [0, 0.1) is 0 Å². The Morgan fingerprint density at radius 1 is 1.05 bits per heavy atom. The quantitative estimate of drug-likeness (QED) is 0.487. The Balaban J connectivity index is 2.27. The molecule has 2 aromatic rings. The number of nitrogen functional groups attached to an aromatic ring is 2. The van der Waals surface area contributed by atoms with Gasteiger partial charge >= 0.3 is 0 Å². The van der Waals surface area contributed by atoms with Crippen LogP contribution in [-0.4, -0.2) is 15.3 Å². The van der Waals surface area contributed by atoms with Crippen LogP contribution in [0.25, 0.3) is 6.08 Å². The molecule has 0 spiro atoms. The molecule has 0 saturated heterocycles. The molecule has 0 bridgehead atoms. The molecule has 1 aliphatic heterocycles. The van der Waals surface area contributed by atoms with Crippen LogP contribution in [0.2, 0.25) is 0 Å². The van der Waals surface area contributed by atoms with Gasteiger partial charge in [-0.25, -0.2) is 0 Å². The third-order valence-electron chi connectivity index (χ3n) is 3.47. The van der Waals surface area contributed by atoms with E-state index in [0.29, 0.717) is 11.4 Å². The summed E-state index contributed by atoms with van der Waals surface area (Å²) in [6.45, 7) is 3.77. The van der Waals surface area contributed by atoms with Crippen molar-refractivity contribution in [2.75, 3.05) is 11.5 Å². The predicted molar refractivity (Wildman–Crippen MR) is 83.0 cm³/mol. The Hall–Kier alpha value is -2.33. The van der Waals surface area contributed by atoms with E-state index in [0.717, 1.165) is 27.1 Å². The Kier molecular flexibility index (Phi) is 2.53. The molecule has 94 valence electrons. The molecule has 4 N–H and O–H groups in total. The van der Waals surface area contributed by atoms with Crippen LogP contribution in [0.15, 0.2) is 36.9 Å². The summed E-state index contributed by atoms with van der Waals surface area (Å²) in [4.78, 5) is 12.6. The summed E-state index contributed by atoms with van der Waals surface area (Å²) < 4.78 is 0. The summed E-state index contributed by atoms with van der Waals surface area (Å²) in [5, 5.41) is 2.18. The van der Waals surface area contributed by atoms with Crippen LogP contribution >= 0.6 is 0 Å². The van der Waals surface area contributed by atoms with Gasteiger partial charge in [-0.3, -0.25) is 4.79 Å². The van der Waals surface area contributed by atoms with Gasteiger partial charge in [0.2, 0.25) is 0 Å². The summed E-state index contributed by atoms with van der Waals surface area (Å²) in [6, 6.07) is 9.24. The van der Waals surface area contributed by atoms with E-state index in [-0.39, 0.29) is 5.78 Å². The second-order valence-electron chi connectivity index (χ2n) is 4.77. The maximum absolute atomic E-state index is 12.6. The number of hydrogen-bond donors (Lipinski definition) is 2. The van der Waals surface area contributed by atoms with Gasteiger partial charge in [0.05, 0.1) is 9.52 Å². The highest BCUT2D eigenvalue weighted by Crippen LogP contribution is 2.20. The smallest absolute Gasteiger partial charge is 0.193 e. The molecular formula is C15H14N2OSi. The van der Waals surface area contributed by atoms with E-state index in [4.69, 9.17) is 11.5 Å². The van der Waals surface area contributed by atoms with Gasteiger partial charge in [-0.15, -0.1) is 0 Å². The van der Waals surface area contributed by atoms with Crippen molar-refractivity contribution < 1.29 is 4.79 Å². The van der Waals surface area contributed by atoms with E-state index in [1.165, 1.54) is 0 Å². The maximum Gasteiger partial charge on any atom is 0.193 e. The molecular weight excluding hydrogens is 252 g/mol. The molecule has 0 atom stereocenters. The number of carbonyl (C=O) groups is 1. The van der Waals surface area contributed by atoms with Crippen LogP contribution in [0.4, 0.5) is 11.4 Å². The number of nitrogens with two attached hydrogens (primary N) is 2. The van der Waals surface area contributed by atoms with Crippen molar-refractivity contribution in [3.8, 4) is 0 Å². The summed E-state index contributed by atoms with van der Waals surface area (Å²) >= 11 is 0. The minimum atomic E-state index is -0.729. The minimum Gasteiger partial charge on any atom is -0.399 e. The van der Waals surface area contributed by atoms with Gasteiger partial charge < -0.3 is 11.5 Å². The van der Waals surface area contributed by atoms with Crippen LogP contribution in [-0.2, 0) is 0 Å². The number of fused-ring (bicyclic) bond motifs is 2. The van der Waals surface area contributed by atoms with Gasteiger partial charge in [-0.05, 0) is 46.3 Å². The van der Waals surface area contributed by atoms with E-state index < -0.39 is 9.52 Å². The van der Waals surface area contributed by atoms with Gasteiger partial charge in [-0.1, -0.05) is 12.7 Å². The molecule has 0 unspecified atom stereocenters. The number of ketones is 1.